The van der Waals surface area contributed by atoms with Crippen LogP contribution in [0.2, 0.25) is 0 Å². The van der Waals surface area contributed by atoms with Gasteiger partial charge in [-0.15, -0.1) is 12.4 Å². The zero-order valence-corrected chi connectivity index (χ0v) is 16.4. The highest BCUT2D eigenvalue weighted by molar-refractivity contribution is 9.10. The predicted molar refractivity (Wildman–Crippen MR) is 101 cm³/mol. The second-order valence-corrected chi connectivity index (χ2v) is 7.01. The second kappa shape index (κ2) is 9.40. The maximum atomic E-state index is 12.3. The number of carbonyl (C=O) groups excluding carboxylic acids is 2. The maximum absolute atomic E-state index is 12.3. The highest BCUT2D eigenvalue weighted by atomic mass is 79.9. The molecule has 1 atom stereocenters. The van der Waals surface area contributed by atoms with Crippen LogP contribution in [0.1, 0.15) is 12.8 Å². The van der Waals surface area contributed by atoms with E-state index in [1.54, 1.807) is 4.90 Å². The fourth-order valence-corrected chi connectivity index (χ4v) is 3.32. The van der Waals surface area contributed by atoms with Gasteiger partial charge in [-0.3, -0.25) is 9.59 Å². The van der Waals surface area contributed by atoms with Gasteiger partial charge < -0.3 is 19.9 Å². The van der Waals surface area contributed by atoms with E-state index in [4.69, 9.17) is 4.74 Å². The van der Waals surface area contributed by atoms with Gasteiger partial charge in [-0.1, -0.05) is 15.9 Å². The Morgan fingerprint density at radius 1 is 1.12 bits per heavy atom. The van der Waals surface area contributed by atoms with Gasteiger partial charge in [0.1, 0.15) is 5.75 Å². The molecule has 2 heterocycles. The van der Waals surface area contributed by atoms with Crippen LogP contribution in [-0.4, -0.2) is 67.0 Å². The van der Waals surface area contributed by atoms with Crippen molar-refractivity contribution < 1.29 is 14.3 Å². The van der Waals surface area contributed by atoms with Crippen LogP contribution in [-0.2, 0) is 9.59 Å². The molecule has 1 N–H and O–H groups in total. The Morgan fingerprint density at radius 2 is 1.76 bits per heavy atom. The first-order valence-electron chi connectivity index (χ1n) is 8.32. The minimum atomic E-state index is -0.0380. The lowest BCUT2D eigenvalue weighted by atomic mass is 10.2. The van der Waals surface area contributed by atoms with Crippen molar-refractivity contribution in [2.75, 3.05) is 39.3 Å². The molecule has 2 aliphatic rings. The van der Waals surface area contributed by atoms with Crippen molar-refractivity contribution in [3.8, 4) is 5.75 Å². The molecule has 2 fully saturated rings. The number of hydrogen-bond donors (Lipinski definition) is 1. The van der Waals surface area contributed by atoms with E-state index in [1.807, 2.05) is 29.2 Å². The molecule has 2 saturated heterocycles. The average molecular weight is 433 g/mol. The molecule has 0 saturated carbocycles. The lowest BCUT2D eigenvalue weighted by Gasteiger charge is -2.35. The molecule has 0 bridgehead atoms. The smallest absolute Gasteiger partial charge is 0.260 e. The van der Waals surface area contributed by atoms with Gasteiger partial charge in [0.15, 0.2) is 6.61 Å². The number of piperazine rings is 1. The van der Waals surface area contributed by atoms with E-state index in [0.29, 0.717) is 31.9 Å². The van der Waals surface area contributed by atoms with Crippen LogP contribution in [0.15, 0.2) is 28.7 Å². The Bertz CT molecular complexity index is 585. The van der Waals surface area contributed by atoms with Crippen LogP contribution >= 0.6 is 28.3 Å². The molecule has 0 aromatic heterocycles. The predicted octanol–water partition coefficient (Wildman–Crippen LogP) is 1.67. The number of amides is 2. The summed E-state index contributed by atoms with van der Waals surface area (Å²) < 4.78 is 6.50. The summed E-state index contributed by atoms with van der Waals surface area (Å²) in [4.78, 5) is 28.2. The normalized spacial score (nSPS) is 20.1. The molecule has 0 radical (unpaired) electrons. The number of carbonyl (C=O) groups is 2. The van der Waals surface area contributed by atoms with E-state index >= 15 is 0 Å². The largest absolute Gasteiger partial charge is 0.484 e. The molecule has 0 aliphatic carbocycles. The van der Waals surface area contributed by atoms with Crippen molar-refractivity contribution >= 4 is 40.2 Å². The Labute approximate surface area is 162 Å². The number of nitrogens with zero attached hydrogens (tertiary/aromatic N) is 2. The summed E-state index contributed by atoms with van der Waals surface area (Å²) in [5, 5.41) is 3.23. The van der Waals surface area contributed by atoms with Gasteiger partial charge in [0.2, 0.25) is 5.91 Å². The highest BCUT2D eigenvalue weighted by Gasteiger charge is 2.30. The number of nitrogens with one attached hydrogen (secondary N) is 1. The number of rotatable bonds is 4. The van der Waals surface area contributed by atoms with Crippen LogP contribution in [0.5, 0.6) is 5.75 Å². The molecule has 3 rings (SSSR count). The summed E-state index contributed by atoms with van der Waals surface area (Å²) in [5.74, 6) is 0.808. The lowest BCUT2D eigenvalue weighted by molar-refractivity contribution is -0.141. The van der Waals surface area contributed by atoms with E-state index < -0.39 is 0 Å². The first kappa shape index (κ1) is 20.0. The average Bonchev–Trinajstić information content (AvgIpc) is 3.15. The summed E-state index contributed by atoms with van der Waals surface area (Å²) in [6.07, 6.45) is 1.97. The Balaban J connectivity index is 0.00000225. The van der Waals surface area contributed by atoms with Gasteiger partial charge in [-0.05, 0) is 43.7 Å². The van der Waals surface area contributed by atoms with Crippen molar-refractivity contribution in [1.82, 2.24) is 15.1 Å². The second-order valence-electron chi connectivity index (χ2n) is 6.10. The molecule has 2 aliphatic heterocycles. The van der Waals surface area contributed by atoms with Crippen LogP contribution in [0, 0.1) is 0 Å². The summed E-state index contributed by atoms with van der Waals surface area (Å²) in [7, 11) is 0. The van der Waals surface area contributed by atoms with Gasteiger partial charge >= 0.3 is 0 Å². The van der Waals surface area contributed by atoms with Crippen LogP contribution in [0.4, 0.5) is 0 Å². The van der Waals surface area contributed by atoms with Gasteiger partial charge in [-0.25, -0.2) is 0 Å². The molecule has 1 aromatic rings. The Kier molecular flexibility index (Phi) is 7.53. The van der Waals surface area contributed by atoms with Crippen molar-refractivity contribution in [2.24, 2.45) is 0 Å². The fraction of sp³-hybridized carbons (Fsp3) is 0.529. The van der Waals surface area contributed by atoms with E-state index in [9.17, 15) is 9.59 Å². The van der Waals surface area contributed by atoms with Gasteiger partial charge in [-0.2, -0.15) is 0 Å². The highest BCUT2D eigenvalue weighted by Crippen LogP contribution is 2.16. The lowest BCUT2D eigenvalue weighted by Crippen LogP contribution is -2.54. The molecule has 1 unspecified atom stereocenters. The summed E-state index contributed by atoms with van der Waals surface area (Å²) in [5.41, 5.74) is 0. The first-order valence-corrected chi connectivity index (χ1v) is 9.11. The van der Waals surface area contributed by atoms with Crippen molar-refractivity contribution in [3.05, 3.63) is 28.7 Å². The maximum Gasteiger partial charge on any atom is 0.260 e. The van der Waals surface area contributed by atoms with Crippen LogP contribution < -0.4 is 10.1 Å². The zero-order valence-electron chi connectivity index (χ0n) is 13.9. The van der Waals surface area contributed by atoms with E-state index in [2.05, 4.69) is 21.2 Å². The van der Waals surface area contributed by atoms with Crippen molar-refractivity contribution in [3.63, 3.8) is 0 Å². The third-order valence-electron chi connectivity index (χ3n) is 4.48. The number of hydrogen-bond acceptors (Lipinski definition) is 4. The Hall–Kier alpha value is -1.31. The number of ether oxygens (including phenoxy) is 1. The molecule has 8 heteroatoms. The molecule has 2 amide bonds. The molecule has 0 spiro atoms. The summed E-state index contributed by atoms with van der Waals surface area (Å²) in [6.45, 7) is 3.28. The van der Waals surface area contributed by atoms with E-state index in [0.717, 1.165) is 23.9 Å². The third-order valence-corrected chi connectivity index (χ3v) is 5.01. The third kappa shape index (κ3) is 5.33. The molecule has 6 nitrogen and oxygen atoms in total. The number of benzene rings is 1. The Morgan fingerprint density at radius 3 is 2.36 bits per heavy atom. The summed E-state index contributed by atoms with van der Waals surface area (Å²) >= 11 is 3.36. The van der Waals surface area contributed by atoms with E-state index in [-0.39, 0.29) is 36.9 Å². The topological polar surface area (TPSA) is 61.9 Å². The molecular formula is C17H23BrClN3O3. The standard InChI is InChI=1S/C17H22BrN3O3.ClH/c18-13-3-5-14(6-4-13)24-12-16(22)20-8-10-21(11-9-20)17(23)15-2-1-7-19-15;/h3-6,15,19H,1-2,7-12H2;1H. The minimum Gasteiger partial charge on any atom is -0.484 e. The van der Waals surface area contributed by atoms with Crippen LogP contribution in [0.25, 0.3) is 0 Å². The van der Waals surface area contributed by atoms with Crippen molar-refractivity contribution in [1.29, 1.82) is 0 Å². The summed E-state index contributed by atoms with van der Waals surface area (Å²) in [6, 6.07) is 7.36. The quantitative estimate of drug-likeness (QED) is 0.786. The monoisotopic (exact) mass is 431 g/mol. The number of halogens is 2. The van der Waals surface area contributed by atoms with Gasteiger partial charge in [0.25, 0.3) is 5.91 Å². The van der Waals surface area contributed by atoms with E-state index in [1.165, 1.54) is 0 Å². The first-order chi connectivity index (χ1) is 11.6. The zero-order chi connectivity index (χ0) is 16.9. The molecule has 1 aromatic carbocycles. The van der Waals surface area contributed by atoms with Crippen LogP contribution in [0.3, 0.4) is 0 Å². The molecule has 138 valence electrons. The fourth-order valence-electron chi connectivity index (χ4n) is 3.06. The van der Waals surface area contributed by atoms with Gasteiger partial charge in [0, 0.05) is 30.7 Å². The molecular weight excluding hydrogens is 410 g/mol. The minimum absolute atomic E-state index is 0. The van der Waals surface area contributed by atoms with Gasteiger partial charge in [0.05, 0.1) is 6.04 Å². The SMILES string of the molecule is Cl.O=C(COc1ccc(Br)cc1)N1CCN(C(=O)C2CCCN2)CC1. The van der Waals surface area contributed by atoms with Crippen molar-refractivity contribution in [2.45, 2.75) is 18.9 Å². The molecule has 25 heavy (non-hydrogen) atoms.